The molecule has 3 rings (SSSR count). The van der Waals surface area contributed by atoms with Crippen molar-refractivity contribution in [3.8, 4) is 0 Å². The van der Waals surface area contributed by atoms with Crippen LogP contribution in [0.5, 0.6) is 0 Å². The molecule has 2 aliphatic rings. The summed E-state index contributed by atoms with van der Waals surface area (Å²) < 4.78 is 20.1. The molecule has 1 saturated heterocycles. The number of esters is 1. The molecule has 0 amide bonds. The molecule has 1 aliphatic carbocycles. The van der Waals surface area contributed by atoms with Crippen LogP contribution in [-0.4, -0.2) is 22.5 Å². The number of hydrogen-bond acceptors (Lipinski definition) is 4. The average molecular weight is 362 g/mol. The predicted molar refractivity (Wildman–Crippen MR) is 95.0 cm³/mol. The molecule has 26 heavy (non-hydrogen) atoms. The highest BCUT2D eigenvalue weighted by atomic mass is 19.1. The topological polar surface area (TPSA) is 63.6 Å². The van der Waals surface area contributed by atoms with E-state index in [-0.39, 0.29) is 30.1 Å². The fraction of sp³-hybridized carbons (Fsp3) is 0.619. The lowest BCUT2D eigenvalue weighted by Crippen LogP contribution is -2.48. The van der Waals surface area contributed by atoms with Gasteiger partial charge >= 0.3 is 5.97 Å². The van der Waals surface area contributed by atoms with E-state index < -0.39 is 23.0 Å². The van der Waals surface area contributed by atoms with E-state index in [2.05, 4.69) is 0 Å². The van der Waals surface area contributed by atoms with E-state index in [1.807, 2.05) is 0 Å². The number of carbonyl (C=O) groups is 2. The molecule has 5 heteroatoms. The summed E-state index contributed by atoms with van der Waals surface area (Å²) in [6.07, 6.45) is 5.30. The van der Waals surface area contributed by atoms with Crippen LogP contribution in [0.15, 0.2) is 18.2 Å². The van der Waals surface area contributed by atoms with Gasteiger partial charge in [0, 0.05) is 12.0 Å². The first kappa shape index (κ1) is 19.0. The fourth-order valence-electron chi connectivity index (χ4n) is 4.45. The fourth-order valence-corrected chi connectivity index (χ4v) is 4.45. The Balaban J connectivity index is 1.79. The Bertz CT molecular complexity index is 682. The van der Waals surface area contributed by atoms with Crippen molar-refractivity contribution in [1.82, 2.24) is 0 Å². The smallest absolute Gasteiger partial charge is 0.313 e. The minimum Gasteiger partial charge on any atom is -0.458 e. The monoisotopic (exact) mass is 362 g/mol. The molecule has 1 aromatic carbocycles. The number of ether oxygens (including phenoxy) is 1. The highest BCUT2D eigenvalue weighted by molar-refractivity contribution is 5.98. The second-order valence-electron chi connectivity index (χ2n) is 8.29. The minimum absolute atomic E-state index is 0.0586. The molecule has 2 fully saturated rings. The van der Waals surface area contributed by atoms with Crippen LogP contribution in [0, 0.1) is 11.7 Å². The first-order chi connectivity index (χ1) is 12.2. The van der Waals surface area contributed by atoms with Crippen LogP contribution in [0.4, 0.5) is 4.39 Å². The van der Waals surface area contributed by atoms with E-state index in [0.29, 0.717) is 12.8 Å². The summed E-state index contributed by atoms with van der Waals surface area (Å²) in [5, 5.41) is 10.0. The Morgan fingerprint density at radius 1 is 1.27 bits per heavy atom. The van der Waals surface area contributed by atoms with Crippen molar-refractivity contribution < 1.29 is 23.8 Å². The second kappa shape index (κ2) is 7.10. The van der Waals surface area contributed by atoms with Gasteiger partial charge in [-0.2, -0.15) is 0 Å². The van der Waals surface area contributed by atoms with Crippen molar-refractivity contribution >= 4 is 11.8 Å². The molecule has 142 valence electrons. The number of cyclic esters (lactones) is 1. The van der Waals surface area contributed by atoms with Gasteiger partial charge in [-0.15, -0.1) is 0 Å². The van der Waals surface area contributed by atoms with E-state index >= 15 is 0 Å². The molecular formula is C21H27FO4. The molecule has 4 nitrogen and oxygen atoms in total. The van der Waals surface area contributed by atoms with Gasteiger partial charge in [-0.3, -0.25) is 9.59 Å². The maximum Gasteiger partial charge on any atom is 0.313 e. The van der Waals surface area contributed by atoms with Crippen molar-refractivity contribution in [3.05, 3.63) is 35.1 Å². The zero-order valence-electron chi connectivity index (χ0n) is 15.5. The Kier molecular flexibility index (Phi) is 5.20. The molecule has 0 spiro atoms. The van der Waals surface area contributed by atoms with E-state index in [1.54, 1.807) is 26.0 Å². The quantitative estimate of drug-likeness (QED) is 0.639. The molecule has 1 atom stereocenters. The van der Waals surface area contributed by atoms with Crippen molar-refractivity contribution in [3.63, 3.8) is 0 Å². The summed E-state index contributed by atoms with van der Waals surface area (Å²) in [5.41, 5.74) is -0.944. The second-order valence-corrected chi connectivity index (χ2v) is 8.29. The minimum atomic E-state index is -1.24. The van der Waals surface area contributed by atoms with Crippen LogP contribution in [-0.2, 0) is 26.3 Å². The zero-order valence-corrected chi connectivity index (χ0v) is 15.5. The van der Waals surface area contributed by atoms with Crippen molar-refractivity contribution in [2.24, 2.45) is 5.92 Å². The highest BCUT2D eigenvalue weighted by Crippen LogP contribution is 2.44. The van der Waals surface area contributed by atoms with Crippen molar-refractivity contribution in [2.45, 2.75) is 76.4 Å². The average Bonchev–Trinajstić information content (AvgIpc) is 3.06. The van der Waals surface area contributed by atoms with Gasteiger partial charge in [-0.05, 0) is 57.1 Å². The first-order valence-corrected chi connectivity index (χ1v) is 9.44. The molecule has 1 saturated carbocycles. The standard InChI is InChI=1S/C21H27FO4/c1-20(2,25)17-8-7-14(11-18(17)22)9-10-21(15-5-3-4-6-15)13-16(23)12-19(24)26-21/h7-8,11,15,25H,3-6,9-10,12-13H2,1-2H3. The van der Waals surface area contributed by atoms with Gasteiger partial charge in [-0.25, -0.2) is 4.39 Å². The SMILES string of the molecule is CC(C)(O)c1ccc(CCC2(C3CCCC3)CC(=O)CC(=O)O2)cc1F. The largest absolute Gasteiger partial charge is 0.458 e. The van der Waals surface area contributed by atoms with Gasteiger partial charge in [0.15, 0.2) is 0 Å². The number of rotatable bonds is 5. The number of aryl methyl sites for hydroxylation is 1. The summed E-state index contributed by atoms with van der Waals surface area (Å²) in [5.74, 6) is -0.730. The predicted octanol–water partition coefficient (Wildman–Crippen LogP) is 3.82. The molecule has 0 aromatic heterocycles. The molecular weight excluding hydrogens is 335 g/mol. The highest BCUT2D eigenvalue weighted by Gasteiger charge is 2.47. The van der Waals surface area contributed by atoms with Crippen LogP contribution in [0.2, 0.25) is 0 Å². The lowest BCUT2D eigenvalue weighted by atomic mass is 9.76. The van der Waals surface area contributed by atoms with Crippen LogP contribution in [0.25, 0.3) is 0 Å². The molecule has 1 heterocycles. The molecule has 1 aliphatic heterocycles. The lowest BCUT2D eigenvalue weighted by Gasteiger charge is -2.41. The summed E-state index contributed by atoms with van der Waals surface area (Å²) in [6.45, 7) is 3.10. The number of ketones is 1. The van der Waals surface area contributed by atoms with E-state index in [1.165, 1.54) is 6.07 Å². The van der Waals surface area contributed by atoms with Gasteiger partial charge in [0.1, 0.15) is 23.6 Å². The Morgan fingerprint density at radius 3 is 2.54 bits per heavy atom. The number of carbonyl (C=O) groups excluding carboxylic acids is 2. The molecule has 1 unspecified atom stereocenters. The van der Waals surface area contributed by atoms with Gasteiger partial charge in [0.05, 0.1) is 5.60 Å². The number of hydrogen-bond donors (Lipinski definition) is 1. The van der Waals surface area contributed by atoms with Crippen molar-refractivity contribution in [2.75, 3.05) is 0 Å². The van der Waals surface area contributed by atoms with Gasteiger partial charge < -0.3 is 9.84 Å². The molecule has 0 radical (unpaired) electrons. The van der Waals surface area contributed by atoms with Crippen molar-refractivity contribution in [1.29, 1.82) is 0 Å². The third-order valence-corrected chi connectivity index (χ3v) is 5.78. The first-order valence-electron chi connectivity index (χ1n) is 9.44. The van der Waals surface area contributed by atoms with E-state index in [0.717, 1.165) is 31.2 Å². The molecule has 0 bridgehead atoms. The van der Waals surface area contributed by atoms with Crippen LogP contribution in [0.3, 0.4) is 0 Å². The summed E-state index contributed by atoms with van der Waals surface area (Å²) in [4.78, 5) is 24.0. The van der Waals surface area contributed by atoms with Crippen LogP contribution in [0.1, 0.15) is 69.9 Å². The Hall–Kier alpha value is -1.75. The Morgan fingerprint density at radius 2 is 1.96 bits per heavy atom. The third-order valence-electron chi connectivity index (χ3n) is 5.78. The Labute approximate surface area is 153 Å². The summed E-state index contributed by atoms with van der Waals surface area (Å²) in [6, 6.07) is 4.83. The normalized spacial score (nSPS) is 24.8. The lowest BCUT2D eigenvalue weighted by molar-refractivity contribution is -0.178. The summed E-state index contributed by atoms with van der Waals surface area (Å²) >= 11 is 0. The van der Waals surface area contributed by atoms with Gasteiger partial charge in [0.25, 0.3) is 0 Å². The van der Waals surface area contributed by atoms with Gasteiger partial charge in [0.2, 0.25) is 0 Å². The number of Topliss-reactive ketones (excluding diaryl/α,β-unsaturated/α-hetero) is 1. The third kappa shape index (κ3) is 3.98. The van der Waals surface area contributed by atoms with Crippen LogP contribution < -0.4 is 0 Å². The van der Waals surface area contributed by atoms with Crippen LogP contribution >= 0.6 is 0 Å². The zero-order chi connectivity index (χ0) is 18.9. The molecule has 1 aromatic rings. The van der Waals surface area contributed by atoms with Gasteiger partial charge in [-0.1, -0.05) is 25.0 Å². The maximum absolute atomic E-state index is 14.3. The number of halogens is 1. The maximum atomic E-state index is 14.3. The molecule has 1 N–H and O–H groups in total. The van der Waals surface area contributed by atoms with E-state index in [9.17, 15) is 19.1 Å². The number of aliphatic hydroxyl groups is 1. The summed E-state index contributed by atoms with van der Waals surface area (Å²) in [7, 11) is 0. The van der Waals surface area contributed by atoms with E-state index in [4.69, 9.17) is 4.74 Å². The number of benzene rings is 1.